The molecule has 0 radical (unpaired) electrons. The Morgan fingerprint density at radius 3 is 2.56 bits per heavy atom. The molecule has 3 heteroatoms. The largest absolute Gasteiger partial charge is 0.496 e. The molecule has 0 amide bonds. The summed E-state index contributed by atoms with van der Waals surface area (Å²) in [6.45, 7) is 8.48. The topological polar surface area (TPSA) is 24.5 Å². The monoisotopic (exact) mass is 226 g/mol. The highest BCUT2D eigenvalue weighted by Crippen LogP contribution is 2.28. The molecule has 1 rings (SSSR count). The molecule has 0 saturated carbocycles. The molecule has 0 bridgehead atoms. The van der Waals surface area contributed by atoms with Gasteiger partial charge in [0, 0.05) is 12.0 Å². The fourth-order valence-corrected chi connectivity index (χ4v) is 2.25. The van der Waals surface area contributed by atoms with Gasteiger partial charge >= 0.3 is 0 Å². The number of hydrogen-bond donors (Lipinski definition) is 1. The summed E-state index contributed by atoms with van der Waals surface area (Å²) in [5.74, 6) is 1.12. The Labute approximate surface area is 99.8 Å². The Bertz CT molecular complexity index is 250. The van der Waals surface area contributed by atoms with Crippen molar-refractivity contribution in [2.75, 3.05) is 27.2 Å². The van der Waals surface area contributed by atoms with Crippen LogP contribution in [0.15, 0.2) is 11.8 Å². The lowest BCUT2D eigenvalue weighted by Crippen LogP contribution is -2.57. The number of rotatable bonds is 6. The van der Waals surface area contributed by atoms with Gasteiger partial charge in [0.05, 0.1) is 12.6 Å². The molecule has 1 heterocycles. The lowest BCUT2D eigenvalue weighted by Gasteiger charge is -2.43. The van der Waals surface area contributed by atoms with E-state index in [0.717, 1.165) is 31.8 Å². The van der Waals surface area contributed by atoms with E-state index in [1.54, 1.807) is 0 Å². The zero-order valence-corrected chi connectivity index (χ0v) is 11.3. The summed E-state index contributed by atoms with van der Waals surface area (Å²) in [5, 5.41) is 3.56. The van der Waals surface area contributed by atoms with E-state index in [4.69, 9.17) is 4.74 Å². The predicted octanol–water partition coefficient (Wildman–Crippen LogP) is 2.00. The van der Waals surface area contributed by atoms with E-state index >= 15 is 0 Å². The number of hydrogen-bond acceptors (Lipinski definition) is 3. The van der Waals surface area contributed by atoms with E-state index < -0.39 is 0 Å². The van der Waals surface area contributed by atoms with Crippen molar-refractivity contribution in [3.63, 3.8) is 0 Å². The number of nitrogens with one attached hydrogen (secondary N) is 1. The van der Waals surface area contributed by atoms with Crippen molar-refractivity contribution >= 4 is 0 Å². The van der Waals surface area contributed by atoms with Crippen LogP contribution in [0, 0.1) is 0 Å². The van der Waals surface area contributed by atoms with Gasteiger partial charge in [-0.1, -0.05) is 13.8 Å². The molecule has 94 valence electrons. The van der Waals surface area contributed by atoms with Crippen molar-refractivity contribution in [1.82, 2.24) is 10.2 Å². The summed E-state index contributed by atoms with van der Waals surface area (Å²) < 4.78 is 5.74. The molecule has 3 nitrogen and oxygen atoms in total. The third kappa shape index (κ3) is 2.58. The molecule has 0 saturated heterocycles. The Kier molecular flexibility index (Phi) is 4.81. The van der Waals surface area contributed by atoms with Gasteiger partial charge in [0.1, 0.15) is 5.76 Å². The molecule has 0 aromatic rings. The summed E-state index contributed by atoms with van der Waals surface area (Å²) in [6, 6.07) is 0.292. The zero-order valence-electron chi connectivity index (χ0n) is 11.3. The minimum absolute atomic E-state index is 0.103. The Hall–Kier alpha value is -0.540. The number of nitrogens with zero attached hydrogens (tertiary/aromatic N) is 1. The highest BCUT2D eigenvalue weighted by Gasteiger charge is 2.38. The van der Waals surface area contributed by atoms with Crippen LogP contribution in [0.4, 0.5) is 0 Å². The van der Waals surface area contributed by atoms with Gasteiger partial charge in [0.25, 0.3) is 0 Å². The maximum Gasteiger partial charge on any atom is 0.111 e. The van der Waals surface area contributed by atoms with Crippen LogP contribution in [0.3, 0.4) is 0 Å². The van der Waals surface area contributed by atoms with Crippen molar-refractivity contribution in [3.05, 3.63) is 11.8 Å². The average Bonchev–Trinajstić information content (AvgIpc) is 2.77. The molecule has 0 fully saturated rings. The maximum atomic E-state index is 5.74. The van der Waals surface area contributed by atoms with Gasteiger partial charge in [-0.15, -0.1) is 0 Å². The lowest BCUT2D eigenvalue weighted by atomic mass is 9.86. The molecule has 2 unspecified atom stereocenters. The molecule has 1 aliphatic heterocycles. The van der Waals surface area contributed by atoms with E-state index in [0.29, 0.717) is 6.04 Å². The van der Waals surface area contributed by atoms with Crippen molar-refractivity contribution in [2.24, 2.45) is 0 Å². The number of likely N-dealkylation sites (N-methyl/N-ethyl adjacent to an activating group) is 2. The molecule has 2 atom stereocenters. The Morgan fingerprint density at radius 1 is 1.50 bits per heavy atom. The van der Waals surface area contributed by atoms with Crippen molar-refractivity contribution in [1.29, 1.82) is 0 Å². The summed E-state index contributed by atoms with van der Waals surface area (Å²) >= 11 is 0. The fraction of sp³-hybridized carbons (Fsp3) is 0.846. The first-order valence-electron chi connectivity index (χ1n) is 6.30. The normalized spacial score (nSPS) is 21.5. The zero-order chi connectivity index (χ0) is 12.2. The fourth-order valence-electron chi connectivity index (χ4n) is 2.25. The highest BCUT2D eigenvalue weighted by molar-refractivity contribution is 5.15. The van der Waals surface area contributed by atoms with Crippen molar-refractivity contribution in [2.45, 2.75) is 45.2 Å². The molecule has 0 aliphatic carbocycles. The van der Waals surface area contributed by atoms with Crippen molar-refractivity contribution < 1.29 is 4.74 Å². The van der Waals surface area contributed by atoms with Crippen LogP contribution >= 0.6 is 0 Å². The SMILES string of the molecule is CCNC(C1=CCCO1)C(C)(CC)N(C)C. The molecule has 0 aromatic carbocycles. The standard InChI is InChI=1S/C13H26N2O/c1-6-13(3,15(4)5)12(14-7-2)11-9-8-10-16-11/h9,12,14H,6-8,10H2,1-5H3. The molecular weight excluding hydrogens is 200 g/mol. The van der Waals surface area contributed by atoms with E-state index in [2.05, 4.69) is 51.2 Å². The molecule has 1 aliphatic rings. The van der Waals surface area contributed by atoms with Gasteiger partial charge in [-0.3, -0.25) is 0 Å². The third-order valence-corrected chi connectivity index (χ3v) is 3.78. The smallest absolute Gasteiger partial charge is 0.111 e. The second-order valence-corrected chi connectivity index (χ2v) is 4.84. The minimum Gasteiger partial charge on any atom is -0.496 e. The third-order valence-electron chi connectivity index (χ3n) is 3.78. The minimum atomic E-state index is 0.103. The number of ether oxygens (including phenoxy) is 1. The summed E-state index contributed by atoms with van der Waals surface area (Å²) in [5.41, 5.74) is 0.103. The van der Waals surface area contributed by atoms with E-state index in [1.165, 1.54) is 0 Å². The van der Waals surface area contributed by atoms with Gasteiger partial charge < -0.3 is 15.0 Å². The van der Waals surface area contributed by atoms with Crippen LogP contribution < -0.4 is 5.32 Å². The average molecular weight is 226 g/mol. The van der Waals surface area contributed by atoms with Crippen LogP contribution in [0.2, 0.25) is 0 Å². The van der Waals surface area contributed by atoms with Gasteiger partial charge in [-0.05, 0) is 40.1 Å². The first kappa shape index (κ1) is 13.5. The van der Waals surface area contributed by atoms with E-state index in [1.807, 2.05) is 0 Å². The van der Waals surface area contributed by atoms with Crippen LogP contribution in [-0.4, -0.2) is 43.7 Å². The van der Waals surface area contributed by atoms with Crippen LogP contribution in [-0.2, 0) is 4.74 Å². The molecule has 0 aromatic heterocycles. The quantitative estimate of drug-likeness (QED) is 0.749. The molecule has 1 N–H and O–H groups in total. The van der Waals surface area contributed by atoms with Crippen LogP contribution in [0.25, 0.3) is 0 Å². The van der Waals surface area contributed by atoms with E-state index in [9.17, 15) is 0 Å². The van der Waals surface area contributed by atoms with Crippen LogP contribution in [0.5, 0.6) is 0 Å². The lowest BCUT2D eigenvalue weighted by molar-refractivity contribution is 0.0921. The summed E-state index contributed by atoms with van der Waals surface area (Å²) in [7, 11) is 4.28. The Morgan fingerprint density at radius 2 is 2.19 bits per heavy atom. The second kappa shape index (κ2) is 5.69. The summed E-state index contributed by atoms with van der Waals surface area (Å²) in [4.78, 5) is 2.29. The van der Waals surface area contributed by atoms with Gasteiger partial charge in [0.2, 0.25) is 0 Å². The summed E-state index contributed by atoms with van der Waals surface area (Å²) in [6.07, 6.45) is 4.37. The molecular formula is C13H26N2O. The predicted molar refractivity (Wildman–Crippen MR) is 68.5 cm³/mol. The van der Waals surface area contributed by atoms with Crippen LogP contribution in [0.1, 0.15) is 33.6 Å². The molecule has 16 heavy (non-hydrogen) atoms. The maximum absolute atomic E-state index is 5.74. The second-order valence-electron chi connectivity index (χ2n) is 4.84. The van der Waals surface area contributed by atoms with Gasteiger partial charge in [0.15, 0.2) is 0 Å². The highest BCUT2D eigenvalue weighted by atomic mass is 16.5. The first-order chi connectivity index (χ1) is 7.56. The van der Waals surface area contributed by atoms with Gasteiger partial charge in [-0.25, -0.2) is 0 Å². The Balaban J connectivity index is 2.89. The van der Waals surface area contributed by atoms with Gasteiger partial charge in [-0.2, -0.15) is 0 Å². The first-order valence-corrected chi connectivity index (χ1v) is 6.30. The van der Waals surface area contributed by atoms with Crippen molar-refractivity contribution in [3.8, 4) is 0 Å². The van der Waals surface area contributed by atoms with E-state index in [-0.39, 0.29) is 5.54 Å². The molecule has 0 spiro atoms.